The predicted octanol–water partition coefficient (Wildman–Crippen LogP) is 4.15. The van der Waals surface area contributed by atoms with Gasteiger partial charge in [0.25, 0.3) is 0 Å². The van der Waals surface area contributed by atoms with Crippen molar-refractivity contribution in [3.05, 3.63) is 72.8 Å². The molecule has 0 bridgehead atoms. The van der Waals surface area contributed by atoms with E-state index < -0.39 is 35.6 Å². The Labute approximate surface area is 184 Å². The van der Waals surface area contributed by atoms with E-state index in [4.69, 9.17) is 0 Å². The number of ketones is 1. The molecule has 2 aliphatic rings. The van der Waals surface area contributed by atoms with Gasteiger partial charge in [0.05, 0.1) is 15.0 Å². The first-order valence-corrected chi connectivity index (χ1v) is 13.6. The van der Waals surface area contributed by atoms with Crippen LogP contribution in [0.3, 0.4) is 0 Å². The normalized spacial score (nSPS) is 27.4. The van der Waals surface area contributed by atoms with Gasteiger partial charge in [-0.05, 0) is 43.5 Å². The quantitative estimate of drug-likeness (QED) is 0.643. The highest BCUT2D eigenvalue weighted by molar-refractivity contribution is 7.94. The first-order chi connectivity index (χ1) is 14.7. The van der Waals surface area contributed by atoms with Gasteiger partial charge in [-0.3, -0.25) is 4.79 Å². The van der Waals surface area contributed by atoms with Crippen LogP contribution in [0.15, 0.2) is 82.6 Å². The van der Waals surface area contributed by atoms with Crippen molar-refractivity contribution in [2.75, 3.05) is 0 Å². The van der Waals surface area contributed by atoms with Gasteiger partial charge in [-0.15, -0.1) is 0 Å². The number of carbonyl (C=O) groups is 1. The van der Waals surface area contributed by atoms with Crippen LogP contribution < -0.4 is 0 Å². The summed E-state index contributed by atoms with van der Waals surface area (Å²) in [4.78, 5) is 13.7. The molecule has 31 heavy (non-hydrogen) atoms. The Balaban J connectivity index is 1.94. The largest absolute Gasteiger partial charge is 0.298 e. The van der Waals surface area contributed by atoms with Gasteiger partial charge in [0, 0.05) is 12.3 Å². The SMILES string of the molecule is C=C1C[C@@]2(S(=O)(=O)c3ccccc3)C(=O)CCCCC[C@@H]2[C@@H]1S(=O)(=O)c1ccccc1. The Hall–Kier alpha value is -2.25. The van der Waals surface area contributed by atoms with E-state index in [0.717, 1.165) is 6.42 Å². The van der Waals surface area contributed by atoms with Crippen LogP contribution in [0.4, 0.5) is 0 Å². The van der Waals surface area contributed by atoms with E-state index in [1.54, 1.807) is 36.4 Å². The fourth-order valence-corrected chi connectivity index (χ4v) is 9.88. The van der Waals surface area contributed by atoms with Crippen molar-refractivity contribution in [1.29, 1.82) is 0 Å². The molecule has 0 N–H and O–H groups in total. The minimum absolute atomic E-state index is 0.0551. The lowest BCUT2D eigenvalue weighted by molar-refractivity contribution is -0.122. The van der Waals surface area contributed by atoms with Crippen LogP contribution in [-0.2, 0) is 24.5 Å². The van der Waals surface area contributed by atoms with Crippen molar-refractivity contribution in [3.8, 4) is 0 Å². The Morgan fingerprint density at radius 1 is 0.806 bits per heavy atom. The summed E-state index contributed by atoms with van der Waals surface area (Å²) in [6.45, 7) is 4.00. The Bertz CT molecular complexity index is 1200. The second kappa shape index (κ2) is 8.02. The number of fused-ring (bicyclic) bond motifs is 1. The zero-order chi connectivity index (χ0) is 22.3. The van der Waals surface area contributed by atoms with Gasteiger partial charge in [0.1, 0.15) is 4.75 Å². The van der Waals surface area contributed by atoms with Gasteiger partial charge in [0.15, 0.2) is 25.5 Å². The summed E-state index contributed by atoms with van der Waals surface area (Å²) in [5.41, 5.74) is 0.309. The summed E-state index contributed by atoms with van der Waals surface area (Å²) in [7, 11) is -8.04. The zero-order valence-corrected chi connectivity index (χ0v) is 18.9. The van der Waals surface area contributed by atoms with Crippen LogP contribution in [0.1, 0.15) is 38.5 Å². The summed E-state index contributed by atoms with van der Waals surface area (Å²) in [6.07, 6.45) is 2.40. The van der Waals surface area contributed by atoms with E-state index in [0.29, 0.717) is 24.8 Å². The maximum atomic E-state index is 14.0. The molecule has 0 amide bonds. The van der Waals surface area contributed by atoms with Crippen LogP contribution in [0.2, 0.25) is 0 Å². The average Bonchev–Trinajstić information content (AvgIpc) is 3.07. The van der Waals surface area contributed by atoms with E-state index in [2.05, 4.69) is 6.58 Å². The van der Waals surface area contributed by atoms with E-state index >= 15 is 0 Å². The smallest absolute Gasteiger partial charge is 0.191 e. The minimum Gasteiger partial charge on any atom is -0.298 e. The van der Waals surface area contributed by atoms with E-state index in [1.165, 1.54) is 24.3 Å². The molecule has 4 rings (SSSR count). The highest BCUT2D eigenvalue weighted by atomic mass is 32.2. The number of sulfone groups is 2. The monoisotopic (exact) mass is 458 g/mol. The van der Waals surface area contributed by atoms with Crippen molar-refractivity contribution >= 4 is 25.5 Å². The molecule has 0 spiro atoms. The third-order valence-corrected chi connectivity index (χ3v) is 11.5. The second-order valence-electron chi connectivity index (χ2n) is 8.45. The van der Waals surface area contributed by atoms with Crippen molar-refractivity contribution in [3.63, 3.8) is 0 Å². The lowest BCUT2D eigenvalue weighted by Crippen LogP contribution is -2.52. The number of hydrogen-bond donors (Lipinski definition) is 0. The molecule has 2 aromatic rings. The third-order valence-electron chi connectivity index (χ3n) is 6.69. The molecule has 2 aliphatic carbocycles. The maximum absolute atomic E-state index is 14.0. The zero-order valence-electron chi connectivity index (χ0n) is 17.2. The van der Waals surface area contributed by atoms with Crippen LogP contribution in [0, 0.1) is 5.92 Å². The number of benzene rings is 2. The molecule has 2 saturated carbocycles. The molecule has 3 atom stereocenters. The first-order valence-electron chi connectivity index (χ1n) is 10.5. The average molecular weight is 459 g/mol. The molecular formula is C24H26O5S2. The lowest BCUT2D eigenvalue weighted by atomic mass is 9.82. The van der Waals surface area contributed by atoms with Gasteiger partial charge in [-0.1, -0.05) is 61.4 Å². The molecule has 2 aromatic carbocycles. The molecule has 0 heterocycles. The van der Waals surface area contributed by atoms with Crippen LogP contribution in [0.25, 0.3) is 0 Å². The van der Waals surface area contributed by atoms with Gasteiger partial charge >= 0.3 is 0 Å². The van der Waals surface area contributed by atoms with Crippen LogP contribution in [-0.4, -0.2) is 32.6 Å². The Kier molecular flexibility index (Phi) is 5.68. The lowest BCUT2D eigenvalue weighted by Gasteiger charge is -2.36. The van der Waals surface area contributed by atoms with Gasteiger partial charge in [0.2, 0.25) is 0 Å². The van der Waals surface area contributed by atoms with Gasteiger partial charge < -0.3 is 0 Å². The van der Waals surface area contributed by atoms with Crippen LogP contribution >= 0.6 is 0 Å². The molecule has 0 aromatic heterocycles. The molecule has 0 radical (unpaired) electrons. The maximum Gasteiger partial charge on any atom is 0.191 e. The van der Waals surface area contributed by atoms with Crippen molar-refractivity contribution in [1.82, 2.24) is 0 Å². The molecule has 164 valence electrons. The van der Waals surface area contributed by atoms with E-state index in [-0.39, 0.29) is 28.4 Å². The van der Waals surface area contributed by atoms with Crippen molar-refractivity contribution in [2.45, 2.75) is 58.3 Å². The predicted molar refractivity (Wildman–Crippen MR) is 119 cm³/mol. The summed E-state index contributed by atoms with van der Waals surface area (Å²) in [6, 6.07) is 15.9. The van der Waals surface area contributed by atoms with Crippen molar-refractivity contribution in [2.24, 2.45) is 5.92 Å². The van der Waals surface area contributed by atoms with Gasteiger partial charge in [-0.2, -0.15) is 0 Å². The molecule has 5 nitrogen and oxygen atoms in total. The van der Waals surface area contributed by atoms with Crippen molar-refractivity contribution < 1.29 is 21.6 Å². The number of rotatable bonds is 4. The van der Waals surface area contributed by atoms with Gasteiger partial charge in [-0.25, -0.2) is 16.8 Å². The number of carbonyl (C=O) groups excluding carboxylic acids is 1. The summed E-state index contributed by atoms with van der Waals surface area (Å²) >= 11 is 0. The molecule has 2 fully saturated rings. The molecule has 0 aliphatic heterocycles. The third kappa shape index (κ3) is 3.38. The molecule has 7 heteroatoms. The number of Topliss-reactive ketones (excluding diaryl/α,β-unsaturated/α-hetero) is 1. The Morgan fingerprint density at radius 2 is 1.39 bits per heavy atom. The highest BCUT2D eigenvalue weighted by Crippen LogP contribution is 2.54. The molecule has 0 saturated heterocycles. The topological polar surface area (TPSA) is 85.3 Å². The number of hydrogen-bond acceptors (Lipinski definition) is 5. The summed E-state index contributed by atoms with van der Waals surface area (Å²) in [5.74, 6) is -1.24. The van der Waals surface area contributed by atoms with Crippen LogP contribution in [0.5, 0.6) is 0 Å². The Morgan fingerprint density at radius 3 is 2.00 bits per heavy atom. The molecule has 0 unspecified atom stereocenters. The second-order valence-corrected chi connectivity index (χ2v) is 12.7. The fourth-order valence-electron chi connectivity index (χ4n) is 5.27. The summed E-state index contributed by atoms with van der Waals surface area (Å²) in [5, 5.41) is -1.10. The first kappa shape index (κ1) is 22.0. The minimum atomic E-state index is -4.13. The summed E-state index contributed by atoms with van der Waals surface area (Å²) < 4.78 is 53.4. The standard InChI is InChI=1S/C24H26O5S2/c1-18-17-24(31(28,29)20-13-7-3-8-14-20)21(15-9-4-10-16-22(24)25)23(18)30(26,27)19-11-5-2-6-12-19/h2-3,5-8,11-14,21,23H,1,4,9-10,15-17H2/t21-,23-,24+/m1/s1. The highest BCUT2D eigenvalue weighted by Gasteiger charge is 2.65. The van der Waals surface area contributed by atoms with E-state index in [1.807, 2.05) is 0 Å². The fraction of sp³-hybridized carbons (Fsp3) is 0.375. The molecular weight excluding hydrogens is 432 g/mol. The van der Waals surface area contributed by atoms with E-state index in [9.17, 15) is 21.6 Å².